The molecule has 102 valence electrons. The second-order valence-corrected chi connectivity index (χ2v) is 5.99. The second kappa shape index (κ2) is 4.71. The summed E-state index contributed by atoms with van der Waals surface area (Å²) in [6.07, 6.45) is 2.99. The highest BCUT2D eigenvalue weighted by Crippen LogP contribution is 2.38. The molecule has 1 saturated heterocycles. The lowest BCUT2D eigenvalue weighted by Crippen LogP contribution is -2.48. The standard InChI is InChI=1S/C17H17ClN2/c18-14-7-9-15(10-8-14)20-12-13-4-1-2-5-16(13)19-11-3-6-17(19)20/h1-2,4-5,7-10,17H,3,6,11-12H2. The Balaban J connectivity index is 1.76. The quantitative estimate of drug-likeness (QED) is 0.771. The summed E-state index contributed by atoms with van der Waals surface area (Å²) < 4.78 is 0. The molecular formula is C17H17ClN2. The zero-order chi connectivity index (χ0) is 13.5. The Bertz CT molecular complexity index is 623. The van der Waals surface area contributed by atoms with Crippen molar-refractivity contribution in [2.24, 2.45) is 0 Å². The topological polar surface area (TPSA) is 6.48 Å². The molecule has 0 bridgehead atoms. The van der Waals surface area contributed by atoms with Gasteiger partial charge in [-0.3, -0.25) is 0 Å². The third-order valence-corrected chi connectivity index (χ3v) is 4.63. The van der Waals surface area contributed by atoms with Crippen LogP contribution in [0.25, 0.3) is 0 Å². The molecule has 20 heavy (non-hydrogen) atoms. The van der Waals surface area contributed by atoms with Crippen LogP contribution in [-0.4, -0.2) is 12.7 Å². The van der Waals surface area contributed by atoms with Gasteiger partial charge in [0.05, 0.1) is 0 Å². The van der Waals surface area contributed by atoms with E-state index in [1.165, 1.54) is 29.8 Å². The van der Waals surface area contributed by atoms with Crippen molar-refractivity contribution in [2.75, 3.05) is 16.3 Å². The van der Waals surface area contributed by atoms with Crippen LogP contribution in [0.2, 0.25) is 5.02 Å². The van der Waals surface area contributed by atoms with E-state index in [9.17, 15) is 0 Å². The fraction of sp³-hybridized carbons (Fsp3) is 0.294. The number of fused-ring (bicyclic) bond motifs is 3. The molecule has 1 unspecified atom stereocenters. The van der Waals surface area contributed by atoms with Crippen LogP contribution in [0, 0.1) is 0 Å². The van der Waals surface area contributed by atoms with Crippen LogP contribution in [-0.2, 0) is 6.54 Å². The lowest BCUT2D eigenvalue weighted by molar-refractivity contribution is 0.581. The summed E-state index contributed by atoms with van der Waals surface area (Å²) in [4.78, 5) is 5.05. The highest BCUT2D eigenvalue weighted by molar-refractivity contribution is 6.30. The van der Waals surface area contributed by atoms with Crippen LogP contribution in [0.15, 0.2) is 48.5 Å². The molecule has 2 aliphatic heterocycles. The van der Waals surface area contributed by atoms with Gasteiger partial charge in [0.2, 0.25) is 0 Å². The number of benzene rings is 2. The predicted octanol–water partition coefficient (Wildman–Crippen LogP) is 4.29. The molecule has 4 rings (SSSR count). The molecule has 1 atom stereocenters. The van der Waals surface area contributed by atoms with E-state index in [2.05, 4.69) is 46.2 Å². The van der Waals surface area contributed by atoms with E-state index >= 15 is 0 Å². The molecular weight excluding hydrogens is 268 g/mol. The van der Waals surface area contributed by atoms with Gasteiger partial charge in [-0.15, -0.1) is 0 Å². The lowest BCUT2D eigenvalue weighted by Gasteiger charge is -2.43. The summed E-state index contributed by atoms with van der Waals surface area (Å²) >= 11 is 6.01. The Morgan fingerprint density at radius 1 is 0.950 bits per heavy atom. The molecule has 2 aromatic carbocycles. The summed E-state index contributed by atoms with van der Waals surface area (Å²) in [7, 11) is 0. The van der Waals surface area contributed by atoms with E-state index in [0.717, 1.165) is 18.1 Å². The normalized spacial score (nSPS) is 20.8. The van der Waals surface area contributed by atoms with E-state index < -0.39 is 0 Å². The number of rotatable bonds is 1. The van der Waals surface area contributed by atoms with Crippen molar-refractivity contribution >= 4 is 23.0 Å². The van der Waals surface area contributed by atoms with Crippen LogP contribution in [0.1, 0.15) is 18.4 Å². The minimum absolute atomic E-state index is 0.492. The van der Waals surface area contributed by atoms with Gasteiger partial charge < -0.3 is 9.80 Å². The fourth-order valence-corrected chi connectivity index (χ4v) is 3.59. The highest BCUT2D eigenvalue weighted by atomic mass is 35.5. The zero-order valence-corrected chi connectivity index (χ0v) is 12.1. The maximum absolute atomic E-state index is 6.01. The molecule has 0 amide bonds. The summed E-state index contributed by atoms with van der Waals surface area (Å²) in [6, 6.07) is 17.0. The number of nitrogens with zero attached hydrogens (tertiary/aromatic N) is 2. The van der Waals surface area contributed by atoms with Crippen LogP contribution in [0.4, 0.5) is 11.4 Å². The van der Waals surface area contributed by atoms with E-state index in [-0.39, 0.29) is 0 Å². The van der Waals surface area contributed by atoms with Gasteiger partial charge in [0.15, 0.2) is 0 Å². The molecule has 3 heteroatoms. The van der Waals surface area contributed by atoms with Gasteiger partial charge in [-0.25, -0.2) is 0 Å². The fourth-order valence-electron chi connectivity index (χ4n) is 3.46. The van der Waals surface area contributed by atoms with Crippen LogP contribution >= 0.6 is 11.6 Å². The molecule has 0 saturated carbocycles. The van der Waals surface area contributed by atoms with Crippen molar-refractivity contribution < 1.29 is 0 Å². The minimum Gasteiger partial charge on any atom is -0.351 e. The number of halogens is 1. The molecule has 2 heterocycles. The number of anilines is 2. The molecule has 0 N–H and O–H groups in total. The molecule has 2 nitrogen and oxygen atoms in total. The first kappa shape index (κ1) is 12.1. The van der Waals surface area contributed by atoms with Crippen molar-refractivity contribution in [3.63, 3.8) is 0 Å². The maximum atomic E-state index is 6.01. The third kappa shape index (κ3) is 1.87. The Kier molecular flexibility index (Phi) is 2.85. The molecule has 2 aliphatic rings. The highest BCUT2D eigenvalue weighted by Gasteiger charge is 2.35. The van der Waals surface area contributed by atoms with Gasteiger partial charge in [0.25, 0.3) is 0 Å². The first-order chi connectivity index (χ1) is 9.83. The summed E-state index contributed by atoms with van der Waals surface area (Å²) in [5, 5.41) is 0.800. The van der Waals surface area contributed by atoms with Gasteiger partial charge in [0, 0.05) is 29.5 Å². The Morgan fingerprint density at radius 3 is 2.60 bits per heavy atom. The van der Waals surface area contributed by atoms with Crippen molar-refractivity contribution in [1.82, 2.24) is 0 Å². The lowest BCUT2D eigenvalue weighted by atomic mass is 10.1. The molecule has 0 radical (unpaired) electrons. The van der Waals surface area contributed by atoms with E-state index in [4.69, 9.17) is 11.6 Å². The number of hydrogen-bond acceptors (Lipinski definition) is 2. The minimum atomic E-state index is 0.492. The molecule has 0 aromatic heterocycles. The Morgan fingerprint density at radius 2 is 1.75 bits per heavy atom. The second-order valence-electron chi connectivity index (χ2n) is 5.55. The summed E-state index contributed by atoms with van der Waals surface area (Å²) in [6.45, 7) is 2.14. The average Bonchev–Trinajstić information content (AvgIpc) is 2.97. The van der Waals surface area contributed by atoms with Gasteiger partial charge in [-0.2, -0.15) is 0 Å². The Labute approximate surface area is 124 Å². The first-order valence-electron chi connectivity index (χ1n) is 7.20. The van der Waals surface area contributed by atoms with Crippen molar-refractivity contribution in [3.8, 4) is 0 Å². The summed E-state index contributed by atoms with van der Waals surface area (Å²) in [5.74, 6) is 0. The van der Waals surface area contributed by atoms with Crippen LogP contribution < -0.4 is 9.80 Å². The zero-order valence-electron chi connectivity index (χ0n) is 11.3. The van der Waals surface area contributed by atoms with Crippen LogP contribution in [0.5, 0.6) is 0 Å². The monoisotopic (exact) mass is 284 g/mol. The molecule has 0 spiro atoms. The van der Waals surface area contributed by atoms with Crippen molar-refractivity contribution in [3.05, 3.63) is 59.1 Å². The maximum Gasteiger partial charge on any atom is 0.102 e. The summed E-state index contributed by atoms with van der Waals surface area (Å²) in [5.41, 5.74) is 4.10. The third-order valence-electron chi connectivity index (χ3n) is 4.38. The van der Waals surface area contributed by atoms with E-state index in [1.54, 1.807) is 0 Å². The van der Waals surface area contributed by atoms with Crippen molar-refractivity contribution in [1.29, 1.82) is 0 Å². The van der Waals surface area contributed by atoms with E-state index in [0.29, 0.717) is 6.17 Å². The number of hydrogen-bond donors (Lipinski definition) is 0. The molecule has 0 aliphatic carbocycles. The van der Waals surface area contributed by atoms with E-state index in [1.807, 2.05) is 12.1 Å². The Hall–Kier alpha value is -1.67. The van der Waals surface area contributed by atoms with Gasteiger partial charge in [-0.1, -0.05) is 29.8 Å². The van der Waals surface area contributed by atoms with Gasteiger partial charge >= 0.3 is 0 Å². The number of para-hydroxylation sites is 1. The van der Waals surface area contributed by atoms with Crippen LogP contribution in [0.3, 0.4) is 0 Å². The predicted molar refractivity (Wildman–Crippen MR) is 84.4 cm³/mol. The molecule has 1 fully saturated rings. The molecule has 2 aromatic rings. The van der Waals surface area contributed by atoms with Crippen molar-refractivity contribution in [2.45, 2.75) is 25.6 Å². The average molecular weight is 285 g/mol. The van der Waals surface area contributed by atoms with Gasteiger partial charge in [0.1, 0.15) is 6.17 Å². The largest absolute Gasteiger partial charge is 0.351 e. The SMILES string of the molecule is Clc1ccc(N2Cc3ccccc3N3CCCC23)cc1. The first-order valence-corrected chi connectivity index (χ1v) is 7.57. The smallest absolute Gasteiger partial charge is 0.102 e. The van der Waals surface area contributed by atoms with Gasteiger partial charge in [-0.05, 0) is 48.7 Å².